The first-order valence-electron chi connectivity index (χ1n) is 13.7. The fourth-order valence-corrected chi connectivity index (χ4v) is 5.41. The number of amides is 4. The van der Waals surface area contributed by atoms with E-state index >= 15 is 0 Å². The van der Waals surface area contributed by atoms with Crippen molar-refractivity contribution in [2.75, 3.05) is 19.6 Å². The molecule has 3 N–H and O–H groups in total. The molecular weight excluding hydrogens is 460 g/mol. The van der Waals surface area contributed by atoms with Crippen LogP contribution in [0, 0.1) is 11.8 Å². The first-order chi connectivity index (χ1) is 16.7. The molecule has 1 aliphatic heterocycles. The number of nitrogens with zero attached hydrogens (tertiary/aromatic N) is 2. The maximum atomic E-state index is 13.4. The minimum Gasteiger partial charge on any atom is -0.444 e. The molecule has 1 saturated heterocycles. The second-order valence-electron chi connectivity index (χ2n) is 12.3. The highest BCUT2D eigenvalue weighted by atomic mass is 16.6. The third-order valence-corrected chi connectivity index (χ3v) is 6.91. The van der Waals surface area contributed by atoms with Crippen LogP contribution in [-0.4, -0.2) is 70.9 Å². The fourth-order valence-electron chi connectivity index (χ4n) is 5.41. The molecule has 2 aliphatic rings. The van der Waals surface area contributed by atoms with Crippen LogP contribution in [0.25, 0.3) is 0 Å². The Morgan fingerprint density at radius 3 is 2.36 bits per heavy atom. The van der Waals surface area contributed by atoms with Gasteiger partial charge in [-0.1, -0.05) is 46.0 Å². The van der Waals surface area contributed by atoms with Gasteiger partial charge in [0.15, 0.2) is 0 Å². The minimum atomic E-state index is -0.855. The van der Waals surface area contributed by atoms with Gasteiger partial charge in [0.05, 0.1) is 12.1 Å². The first kappa shape index (κ1) is 30.2. The maximum Gasteiger partial charge on any atom is 0.412 e. The van der Waals surface area contributed by atoms with E-state index in [1.54, 1.807) is 4.90 Å². The Kier molecular flexibility index (Phi) is 10.9. The molecule has 2 fully saturated rings. The van der Waals surface area contributed by atoms with Gasteiger partial charge in [-0.25, -0.2) is 9.59 Å². The average molecular weight is 511 g/mol. The Balaban J connectivity index is 2.27. The smallest absolute Gasteiger partial charge is 0.412 e. The van der Waals surface area contributed by atoms with Crippen molar-refractivity contribution in [3.63, 3.8) is 0 Å². The van der Waals surface area contributed by atoms with Crippen LogP contribution in [0.15, 0.2) is 0 Å². The van der Waals surface area contributed by atoms with E-state index in [9.17, 15) is 14.4 Å². The summed E-state index contributed by atoms with van der Waals surface area (Å²) in [5.41, 5.74) is 3.72. The van der Waals surface area contributed by atoms with Crippen LogP contribution in [0.3, 0.4) is 0 Å². The van der Waals surface area contributed by atoms with Gasteiger partial charge >= 0.3 is 12.1 Å². The molecule has 2 atom stereocenters. The van der Waals surface area contributed by atoms with Gasteiger partial charge in [-0.15, -0.1) is 0 Å². The number of rotatable bonds is 10. The van der Waals surface area contributed by atoms with Crippen molar-refractivity contribution in [1.29, 1.82) is 0 Å². The second-order valence-corrected chi connectivity index (χ2v) is 12.3. The van der Waals surface area contributed by atoms with Crippen LogP contribution in [0.1, 0.15) is 99.8 Å². The molecule has 0 aromatic heterocycles. The normalized spacial score (nSPS) is 22.5. The van der Waals surface area contributed by atoms with E-state index in [1.165, 1.54) is 19.3 Å². The number of carbonyl (C=O) groups is 3. The Morgan fingerprint density at radius 2 is 1.81 bits per heavy atom. The van der Waals surface area contributed by atoms with Gasteiger partial charge in [-0.2, -0.15) is 0 Å². The van der Waals surface area contributed by atoms with Gasteiger partial charge in [0.25, 0.3) is 0 Å². The molecule has 1 saturated carbocycles. The van der Waals surface area contributed by atoms with Crippen LogP contribution in [0.2, 0.25) is 0 Å². The second kappa shape index (κ2) is 13.0. The monoisotopic (exact) mass is 510 g/mol. The lowest BCUT2D eigenvalue weighted by molar-refractivity contribution is -0.135. The number of nitrogens with one attached hydrogen (secondary N) is 1. The van der Waals surface area contributed by atoms with Gasteiger partial charge in [-0.05, 0) is 59.3 Å². The number of hydrogen-bond donors (Lipinski definition) is 2. The van der Waals surface area contributed by atoms with Crippen molar-refractivity contribution in [3.8, 4) is 0 Å². The zero-order valence-corrected chi connectivity index (χ0v) is 23.6. The zero-order chi connectivity index (χ0) is 27.1. The number of nitrogens with two attached hydrogens (primary N) is 1. The van der Waals surface area contributed by atoms with Gasteiger partial charge in [0.1, 0.15) is 11.3 Å². The third-order valence-electron chi connectivity index (χ3n) is 6.91. The number of hydrogen-bond acceptors (Lipinski definition) is 5. The Bertz CT molecular complexity index is 743. The van der Waals surface area contributed by atoms with E-state index in [0.29, 0.717) is 38.4 Å². The SMILES string of the molecule is CC(C)CC(=O)N(CCCNC(N)=O)C[C@@H]1OC(C)(C)N(C(=O)OC(C)(C)C)[C@H]1CC1CCCCC1. The number of carbonyl (C=O) groups excluding carboxylic acids is 3. The molecule has 4 amide bonds. The van der Waals surface area contributed by atoms with Crippen LogP contribution in [0.5, 0.6) is 0 Å². The summed E-state index contributed by atoms with van der Waals surface area (Å²) in [5, 5.41) is 2.59. The molecule has 0 radical (unpaired) electrons. The molecule has 0 aromatic carbocycles. The molecule has 0 bridgehead atoms. The van der Waals surface area contributed by atoms with Crippen molar-refractivity contribution in [1.82, 2.24) is 15.1 Å². The van der Waals surface area contributed by atoms with E-state index in [0.717, 1.165) is 19.3 Å². The summed E-state index contributed by atoms with van der Waals surface area (Å²) < 4.78 is 12.3. The highest BCUT2D eigenvalue weighted by Crippen LogP contribution is 2.39. The van der Waals surface area contributed by atoms with E-state index < -0.39 is 17.4 Å². The first-order valence-corrected chi connectivity index (χ1v) is 13.7. The van der Waals surface area contributed by atoms with E-state index in [2.05, 4.69) is 5.32 Å². The maximum absolute atomic E-state index is 13.4. The molecule has 36 heavy (non-hydrogen) atoms. The van der Waals surface area contributed by atoms with E-state index in [4.69, 9.17) is 15.2 Å². The van der Waals surface area contributed by atoms with Crippen molar-refractivity contribution >= 4 is 18.0 Å². The molecule has 0 aromatic rings. The molecule has 2 rings (SSSR count). The van der Waals surface area contributed by atoms with E-state index in [-0.39, 0.29) is 30.1 Å². The molecule has 1 heterocycles. The molecule has 9 heteroatoms. The summed E-state index contributed by atoms with van der Waals surface area (Å²) in [4.78, 5) is 41.3. The number of primary amides is 1. The zero-order valence-electron chi connectivity index (χ0n) is 23.6. The minimum absolute atomic E-state index is 0.0533. The van der Waals surface area contributed by atoms with Crippen molar-refractivity contribution < 1.29 is 23.9 Å². The van der Waals surface area contributed by atoms with Crippen LogP contribution < -0.4 is 11.1 Å². The largest absolute Gasteiger partial charge is 0.444 e. The quantitative estimate of drug-likeness (QED) is 0.416. The van der Waals surface area contributed by atoms with Gasteiger partial charge in [-0.3, -0.25) is 9.69 Å². The topological polar surface area (TPSA) is 114 Å². The Labute approximate surface area is 217 Å². The molecule has 9 nitrogen and oxygen atoms in total. The predicted octanol–water partition coefficient (Wildman–Crippen LogP) is 4.63. The molecule has 1 aliphatic carbocycles. The summed E-state index contributed by atoms with van der Waals surface area (Å²) in [7, 11) is 0. The third kappa shape index (κ3) is 9.45. The lowest BCUT2D eigenvalue weighted by Crippen LogP contribution is -2.51. The lowest BCUT2D eigenvalue weighted by Gasteiger charge is -2.37. The molecule has 0 spiro atoms. The Hall–Kier alpha value is -2.03. The lowest BCUT2D eigenvalue weighted by atomic mass is 9.83. The van der Waals surface area contributed by atoms with Crippen molar-refractivity contribution in [2.45, 2.75) is 123 Å². The number of ether oxygens (including phenoxy) is 2. The van der Waals surface area contributed by atoms with Crippen LogP contribution >= 0.6 is 0 Å². The fraction of sp³-hybridized carbons (Fsp3) is 0.889. The van der Waals surface area contributed by atoms with Crippen molar-refractivity contribution in [3.05, 3.63) is 0 Å². The summed E-state index contributed by atoms with van der Waals surface area (Å²) in [6.45, 7) is 14.7. The summed E-state index contributed by atoms with van der Waals surface area (Å²) in [6, 6.07) is -0.757. The standard InChI is InChI=1S/C27H50N4O5/c1-19(2)16-23(32)30(15-11-14-29-24(28)33)18-22-21(17-20-12-9-8-10-13-20)31(27(6,7)35-22)25(34)36-26(3,4)5/h19-22H,8-18H2,1-7H3,(H3,28,29,33)/t21-,22-/m0/s1. The Morgan fingerprint density at radius 1 is 1.17 bits per heavy atom. The predicted molar refractivity (Wildman–Crippen MR) is 140 cm³/mol. The number of urea groups is 1. The average Bonchev–Trinajstić information content (AvgIpc) is 2.98. The molecular formula is C27H50N4O5. The summed E-state index contributed by atoms with van der Waals surface area (Å²) in [5.74, 6) is 0.798. The van der Waals surface area contributed by atoms with Gasteiger partial charge in [0.2, 0.25) is 5.91 Å². The highest BCUT2D eigenvalue weighted by molar-refractivity contribution is 5.76. The summed E-state index contributed by atoms with van der Waals surface area (Å²) >= 11 is 0. The molecule has 208 valence electrons. The van der Waals surface area contributed by atoms with Crippen molar-refractivity contribution in [2.24, 2.45) is 17.6 Å². The van der Waals surface area contributed by atoms with Crippen LogP contribution in [0.4, 0.5) is 9.59 Å². The van der Waals surface area contributed by atoms with Gasteiger partial charge in [0, 0.05) is 26.1 Å². The van der Waals surface area contributed by atoms with E-state index in [1.807, 2.05) is 53.4 Å². The highest BCUT2D eigenvalue weighted by Gasteiger charge is 2.52. The molecule has 0 unspecified atom stereocenters. The summed E-state index contributed by atoms with van der Waals surface area (Å²) in [6.07, 6.45) is 7.16. The van der Waals surface area contributed by atoms with Crippen LogP contribution in [-0.2, 0) is 14.3 Å². The van der Waals surface area contributed by atoms with Gasteiger partial charge < -0.3 is 25.4 Å².